The van der Waals surface area contributed by atoms with Crippen LogP contribution in [0.5, 0.6) is 0 Å². The Morgan fingerprint density at radius 2 is 2.45 bits per heavy atom. The van der Waals surface area contributed by atoms with Gasteiger partial charge in [0.1, 0.15) is 0 Å². The molecule has 0 amide bonds. The molecule has 1 saturated heterocycles. The van der Waals surface area contributed by atoms with Crippen LogP contribution in [-0.4, -0.2) is 10.9 Å². The van der Waals surface area contributed by atoms with Crippen molar-refractivity contribution in [1.29, 1.82) is 0 Å². The van der Waals surface area contributed by atoms with Crippen LogP contribution in [0.25, 0.3) is 0 Å². The van der Waals surface area contributed by atoms with E-state index >= 15 is 0 Å². The molecule has 2 rings (SSSR count). The van der Waals surface area contributed by atoms with E-state index in [1.807, 2.05) is 12.2 Å². The maximum atomic E-state index is 11.3. The van der Waals surface area contributed by atoms with Gasteiger partial charge in [-0.05, 0) is 18.8 Å². The summed E-state index contributed by atoms with van der Waals surface area (Å²) in [6, 6.07) is 0. The highest BCUT2D eigenvalue weighted by molar-refractivity contribution is 8.14. The monoisotopic (exact) mass is 166 g/mol. The van der Waals surface area contributed by atoms with Crippen LogP contribution in [0.2, 0.25) is 0 Å². The molecular weight excluding hydrogens is 156 g/mol. The molecule has 1 heterocycles. The highest BCUT2D eigenvalue weighted by Crippen LogP contribution is 2.33. The Morgan fingerprint density at radius 1 is 1.55 bits per heavy atom. The van der Waals surface area contributed by atoms with Gasteiger partial charge in [0.2, 0.25) is 5.12 Å². The molecule has 0 spiro atoms. The minimum absolute atomic E-state index is 0.297. The second-order valence-corrected chi connectivity index (χ2v) is 3.98. The zero-order chi connectivity index (χ0) is 7.68. The first-order chi connectivity index (χ1) is 5.38. The average molecular weight is 166 g/mol. The Balaban J connectivity index is 2.27. The number of rotatable bonds is 0. The largest absolute Gasteiger partial charge is 0.282 e. The van der Waals surface area contributed by atoms with E-state index in [2.05, 4.69) is 6.08 Å². The first-order valence-corrected chi connectivity index (χ1v) is 4.90. The van der Waals surface area contributed by atoms with Crippen molar-refractivity contribution in [3.8, 4) is 0 Å². The van der Waals surface area contributed by atoms with Gasteiger partial charge < -0.3 is 0 Å². The van der Waals surface area contributed by atoms with E-state index in [0.29, 0.717) is 11.0 Å². The second kappa shape index (κ2) is 2.86. The van der Waals surface area contributed by atoms with Crippen LogP contribution in [0.1, 0.15) is 12.8 Å². The van der Waals surface area contributed by atoms with Gasteiger partial charge in [0, 0.05) is 11.3 Å². The highest BCUT2D eigenvalue weighted by atomic mass is 32.2. The van der Waals surface area contributed by atoms with Crippen LogP contribution in [-0.2, 0) is 4.79 Å². The predicted octanol–water partition coefficient (Wildman–Crippen LogP) is 2.15. The van der Waals surface area contributed by atoms with Crippen molar-refractivity contribution in [2.75, 3.05) is 5.75 Å². The fraction of sp³-hybridized carbons (Fsp3) is 0.444. The molecule has 1 atom stereocenters. The molecule has 0 N–H and O–H groups in total. The van der Waals surface area contributed by atoms with Crippen molar-refractivity contribution < 1.29 is 4.79 Å². The third-order valence-electron chi connectivity index (χ3n) is 2.21. The Labute approximate surface area is 70.6 Å². The van der Waals surface area contributed by atoms with Gasteiger partial charge in [-0.15, -0.1) is 0 Å². The molecule has 1 nitrogen and oxygen atoms in total. The lowest BCUT2D eigenvalue weighted by Crippen LogP contribution is -2.18. The molecule has 11 heavy (non-hydrogen) atoms. The van der Waals surface area contributed by atoms with Gasteiger partial charge in [-0.3, -0.25) is 4.79 Å². The van der Waals surface area contributed by atoms with Gasteiger partial charge in [0.25, 0.3) is 0 Å². The molecule has 1 aliphatic heterocycles. The lowest BCUT2D eigenvalue weighted by Gasteiger charge is -2.24. The summed E-state index contributed by atoms with van der Waals surface area (Å²) in [5.74, 6) is 1.54. The second-order valence-electron chi connectivity index (χ2n) is 2.91. The number of hydrogen-bond acceptors (Lipinski definition) is 2. The average Bonchev–Trinajstić information content (AvgIpc) is 2.06. The van der Waals surface area contributed by atoms with E-state index in [1.54, 1.807) is 0 Å². The van der Waals surface area contributed by atoms with E-state index in [9.17, 15) is 4.79 Å². The summed E-state index contributed by atoms with van der Waals surface area (Å²) in [7, 11) is 0. The molecule has 0 aromatic carbocycles. The van der Waals surface area contributed by atoms with Crippen LogP contribution >= 0.6 is 11.8 Å². The number of carbonyl (C=O) groups excluding carboxylic acids is 1. The molecular formula is C9H10OS. The van der Waals surface area contributed by atoms with Crippen molar-refractivity contribution in [3.63, 3.8) is 0 Å². The Hall–Kier alpha value is -0.500. The van der Waals surface area contributed by atoms with E-state index in [0.717, 1.165) is 17.7 Å². The van der Waals surface area contributed by atoms with Crippen LogP contribution in [0.3, 0.4) is 0 Å². The summed E-state index contributed by atoms with van der Waals surface area (Å²) >= 11 is 1.46. The van der Waals surface area contributed by atoms with Crippen molar-refractivity contribution in [1.82, 2.24) is 0 Å². The van der Waals surface area contributed by atoms with E-state index in [4.69, 9.17) is 0 Å². The van der Waals surface area contributed by atoms with E-state index in [1.165, 1.54) is 18.2 Å². The lowest BCUT2D eigenvalue weighted by molar-refractivity contribution is -0.108. The Morgan fingerprint density at radius 3 is 3.27 bits per heavy atom. The Bertz CT molecular complexity index is 240. The summed E-state index contributed by atoms with van der Waals surface area (Å²) < 4.78 is 0. The number of carbonyl (C=O) groups is 1. The standard InChI is InChI=1S/C9H10OS/c10-9-8-4-2-1-3-7(8)5-6-11-9/h1-2,4,7H,3,5-6H2. The molecule has 1 unspecified atom stereocenters. The van der Waals surface area contributed by atoms with Crippen molar-refractivity contribution in [2.24, 2.45) is 5.92 Å². The van der Waals surface area contributed by atoms with Crippen molar-refractivity contribution in [2.45, 2.75) is 12.8 Å². The van der Waals surface area contributed by atoms with Crippen LogP contribution < -0.4 is 0 Å². The minimum Gasteiger partial charge on any atom is -0.282 e. The normalized spacial score (nSPS) is 29.6. The number of fused-ring (bicyclic) bond motifs is 1. The fourth-order valence-electron chi connectivity index (χ4n) is 1.56. The van der Waals surface area contributed by atoms with Crippen molar-refractivity contribution in [3.05, 3.63) is 23.8 Å². The molecule has 0 aromatic heterocycles. The van der Waals surface area contributed by atoms with E-state index < -0.39 is 0 Å². The molecule has 1 aliphatic carbocycles. The molecule has 58 valence electrons. The van der Waals surface area contributed by atoms with Gasteiger partial charge in [-0.25, -0.2) is 0 Å². The first kappa shape index (κ1) is 7.17. The lowest BCUT2D eigenvalue weighted by atomic mass is 9.90. The highest BCUT2D eigenvalue weighted by Gasteiger charge is 2.25. The van der Waals surface area contributed by atoms with Gasteiger partial charge in [0.15, 0.2) is 0 Å². The summed E-state index contributed by atoms with van der Waals surface area (Å²) in [5.41, 5.74) is 1.05. The third-order valence-corrected chi connectivity index (χ3v) is 3.15. The maximum Gasteiger partial charge on any atom is 0.215 e. The van der Waals surface area contributed by atoms with Gasteiger partial charge in [-0.2, -0.15) is 0 Å². The van der Waals surface area contributed by atoms with Crippen LogP contribution in [0.4, 0.5) is 0 Å². The van der Waals surface area contributed by atoms with Crippen LogP contribution in [0, 0.1) is 5.92 Å². The summed E-state index contributed by atoms with van der Waals surface area (Å²) in [5, 5.41) is 0.297. The van der Waals surface area contributed by atoms with Gasteiger partial charge in [-0.1, -0.05) is 30.0 Å². The van der Waals surface area contributed by atoms with Gasteiger partial charge >= 0.3 is 0 Å². The summed E-state index contributed by atoms with van der Waals surface area (Å²) in [6.45, 7) is 0. The maximum absolute atomic E-state index is 11.3. The molecule has 0 bridgehead atoms. The zero-order valence-electron chi connectivity index (χ0n) is 6.25. The zero-order valence-corrected chi connectivity index (χ0v) is 7.06. The van der Waals surface area contributed by atoms with Gasteiger partial charge in [0.05, 0.1) is 0 Å². The molecule has 2 heteroatoms. The number of thioether (sulfide) groups is 1. The topological polar surface area (TPSA) is 17.1 Å². The quantitative estimate of drug-likeness (QED) is 0.548. The minimum atomic E-state index is 0.297. The van der Waals surface area contributed by atoms with E-state index in [-0.39, 0.29) is 0 Å². The molecule has 0 aromatic rings. The van der Waals surface area contributed by atoms with Crippen molar-refractivity contribution >= 4 is 16.9 Å². The smallest absolute Gasteiger partial charge is 0.215 e. The Kier molecular flexibility index (Phi) is 1.86. The van der Waals surface area contributed by atoms with Crippen LogP contribution in [0.15, 0.2) is 23.8 Å². The molecule has 0 radical (unpaired) electrons. The number of hydrogen-bond donors (Lipinski definition) is 0. The molecule has 2 aliphatic rings. The first-order valence-electron chi connectivity index (χ1n) is 3.92. The molecule has 1 fully saturated rings. The SMILES string of the molecule is O=C1SCCC2CC=CC=C12. The number of allylic oxidation sites excluding steroid dienone is 3. The predicted molar refractivity (Wildman–Crippen MR) is 47.4 cm³/mol. The fourth-order valence-corrected chi connectivity index (χ4v) is 2.55. The third kappa shape index (κ3) is 1.27. The molecule has 0 saturated carbocycles. The summed E-state index contributed by atoms with van der Waals surface area (Å²) in [6.07, 6.45) is 8.36. The summed E-state index contributed by atoms with van der Waals surface area (Å²) in [4.78, 5) is 11.3.